The lowest BCUT2D eigenvalue weighted by molar-refractivity contribution is 0.242. The number of benzene rings is 1. The number of hydrogen-bond donors (Lipinski definition) is 2. The molecule has 0 aliphatic carbocycles. The van der Waals surface area contributed by atoms with Crippen LogP contribution in [0.15, 0.2) is 47.7 Å². The van der Waals surface area contributed by atoms with Crippen molar-refractivity contribution in [2.24, 2.45) is 10.7 Å². The minimum absolute atomic E-state index is 0. The van der Waals surface area contributed by atoms with Crippen molar-refractivity contribution in [1.82, 2.24) is 4.98 Å². The van der Waals surface area contributed by atoms with Gasteiger partial charge in [-0.25, -0.2) is 4.99 Å². The molecule has 124 valence electrons. The van der Waals surface area contributed by atoms with Gasteiger partial charge in [-0.1, -0.05) is 6.07 Å². The van der Waals surface area contributed by atoms with Gasteiger partial charge in [-0.3, -0.25) is 4.98 Å². The molecule has 0 fully saturated rings. The number of anilines is 1. The highest BCUT2D eigenvalue weighted by Gasteiger charge is 1.99. The third kappa shape index (κ3) is 6.85. The van der Waals surface area contributed by atoms with Gasteiger partial charge in [0.2, 0.25) is 0 Å². The van der Waals surface area contributed by atoms with Crippen LogP contribution in [-0.4, -0.2) is 17.0 Å². The maximum atomic E-state index is 5.90. The number of aromatic nitrogens is 1. The van der Waals surface area contributed by atoms with Gasteiger partial charge in [-0.05, 0) is 56.2 Å². The second kappa shape index (κ2) is 9.34. The molecular formula is C17H23IN4O. The molecule has 0 spiro atoms. The second-order valence-electron chi connectivity index (χ2n) is 5.39. The molecule has 0 atom stereocenters. The van der Waals surface area contributed by atoms with E-state index in [9.17, 15) is 0 Å². The average molecular weight is 426 g/mol. The quantitative estimate of drug-likeness (QED) is 0.434. The number of nitrogens with one attached hydrogen (secondary N) is 1. The van der Waals surface area contributed by atoms with E-state index in [-0.39, 0.29) is 30.1 Å². The highest BCUT2D eigenvalue weighted by atomic mass is 127. The third-order valence-corrected chi connectivity index (χ3v) is 2.86. The van der Waals surface area contributed by atoms with Gasteiger partial charge < -0.3 is 15.8 Å². The summed E-state index contributed by atoms with van der Waals surface area (Å²) in [7, 11) is 0. The monoisotopic (exact) mass is 426 g/mol. The first-order chi connectivity index (χ1) is 10.5. The normalized spacial score (nSPS) is 11.0. The third-order valence-electron chi connectivity index (χ3n) is 2.86. The molecule has 0 radical (unpaired) electrons. The van der Waals surface area contributed by atoms with Crippen LogP contribution in [0.5, 0.6) is 5.75 Å². The molecule has 5 nitrogen and oxygen atoms in total. The summed E-state index contributed by atoms with van der Waals surface area (Å²) in [6.07, 6.45) is 3.77. The van der Waals surface area contributed by atoms with Crippen molar-refractivity contribution in [2.75, 3.05) is 5.32 Å². The fourth-order valence-corrected chi connectivity index (χ4v) is 1.96. The predicted octanol–water partition coefficient (Wildman–Crippen LogP) is 3.72. The molecule has 0 aliphatic heterocycles. The molecule has 0 bridgehead atoms. The fourth-order valence-electron chi connectivity index (χ4n) is 1.96. The number of guanidine groups is 1. The summed E-state index contributed by atoms with van der Waals surface area (Å²) < 4.78 is 5.59. The van der Waals surface area contributed by atoms with Crippen molar-refractivity contribution in [3.8, 4) is 5.75 Å². The summed E-state index contributed by atoms with van der Waals surface area (Å²) >= 11 is 0. The van der Waals surface area contributed by atoms with Gasteiger partial charge in [0.25, 0.3) is 0 Å². The summed E-state index contributed by atoms with van der Waals surface area (Å²) in [6, 6.07) is 9.67. The summed E-state index contributed by atoms with van der Waals surface area (Å²) in [5, 5.41) is 3.06. The first-order valence-corrected chi connectivity index (χ1v) is 7.27. The zero-order valence-electron chi connectivity index (χ0n) is 13.6. The maximum Gasteiger partial charge on any atom is 0.193 e. The zero-order chi connectivity index (χ0) is 15.9. The highest BCUT2D eigenvalue weighted by Crippen LogP contribution is 2.16. The molecule has 0 unspecified atom stereocenters. The summed E-state index contributed by atoms with van der Waals surface area (Å²) in [5.74, 6) is 1.21. The molecule has 1 aromatic heterocycles. The molecule has 0 aliphatic rings. The first kappa shape index (κ1) is 19.2. The van der Waals surface area contributed by atoms with E-state index in [2.05, 4.69) is 15.3 Å². The average Bonchev–Trinajstić information content (AvgIpc) is 2.47. The largest absolute Gasteiger partial charge is 0.491 e. The Labute approximate surface area is 154 Å². The molecule has 2 aromatic rings. The maximum absolute atomic E-state index is 5.90. The van der Waals surface area contributed by atoms with Crippen LogP contribution in [0.1, 0.15) is 25.0 Å². The van der Waals surface area contributed by atoms with Gasteiger partial charge in [0.05, 0.1) is 12.6 Å². The van der Waals surface area contributed by atoms with Crippen LogP contribution in [-0.2, 0) is 6.54 Å². The number of aliphatic imine (C=N–C) groups is 1. The second-order valence-corrected chi connectivity index (χ2v) is 5.39. The van der Waals surface area contributed by atoms with Crippen molar-refractivity contribution >= 4 is 35.6 Å². The van der Waals surface area contributed by atoms with Gasteiger partial charge in [-0.15, -0.1) is 24.0 Å². The minimum Gasteiger partial charge on any atom is -0.491 e. The molecule has 2 rings (SSSR count). The van der Waals surface area contributed by atoms with E-state index in [1.54, 1.807) is 6.20 Å². The van der Waals surface area contributed by atoms with E-state index in [1.165, 1.54) is 0 Å². The molecule has 0 amide bonds. The van der Waals surface area contributed by atoms with Gasteiger partial charge >= 0.3 is 0 Å². The summed E-state index contributed by atoms with van der Waals surface area (Å²) in [4.78, 5) is 8.45. The Balaban J connectivity index is 0.00000264. The van der Waals surface area contributed by atoms with Crippen molar-refractivity contribution in [3.63, 3.8) is 0 Å². The standard InChI is InChI=1S/C17H22N4O.HI/c1-12(2)22-16-6-4-15(5-7-16)21-17(18)20-11-14-8-13(3)9-19-10-14;/h4-10,12H,11H2,1-3H3,(H3,18,20,21);1H. The van der Waals surface area contributed by atoms with Gasteiger partial charge in [0, 0.05) is 18.1 Å². The van der Waals surface area contributed by atoms with Crippen LogP contribution >= 0.6 is 24.0 Å². The Hall–Kier alpha value is -1.83. The highest BCUT2D eigenvalue weighted by molar-refractivity contribution is 14.0. The Morgan fingerprint density at radius 2 is 1.96 bits per heavy atom. The van der Waals surface area contributed by atoms with Crippen molar-refractivity contribution in [2.45, 2.75) is 33.4 Å². The molecule has 3 N–H and O–H groups in total. The smallest absolute Gasteiger partial charge is 0.193 e. The number of hydrogen-bond acceptors (Lipinski definition) is 3. The van der Waals surface area contributed by atoms with E-state index in [0.29, 0.717) is 12.5 Å². The number of rotatable bonds is 5. The molecule has 0 saturated carbocycles. The van der Waals surface area contributed by atoms with Crippen molar-refractivity contribution in [3.05, 3.63) is 53.9 Å². The van der Waals surface area contributed by atoms with Crippen LogP contribution in [0.3, 0.4) is 0 Å². The molecule has 23 heavy (non-hydrogen) atoms. The molecule has 6 heteroatoms. The Morgan fingerprint density at radius 3 is 2.57 bits per heavy atom. The number of pyridine rings is 1. The van der Waals surface area contributed by atoms with Crippen LogP contribution in [0.4, 0.5) is 5.69 Å². The van der Waals surface area contributed by atoms with E-state index < -0.39 is 0 Å². The van der Waals surface area contributed by atoms with Crippen LogP contribution < -0.4 is 15.8 Å². The Morgan fingerprint density at radius 1 is 1.26 bits per heavy atom. The van der Waals surface area contributed by atoms with Crippen LogP contribution in [0, 0.1) is 6.92 Å². The lowest BCUT2D eigenvalue weighted by Crippen LogP contribution is -2.22. The first-order valence-electron chi connectivity index (χ1n) is 7.27. The number of ether oxygens (including phenoxy) is 1. The van der Waals surface area contributed by atoms with Crippen molar-refractivity contribution < 1.29 is 4.74 Å². The van der Waals surface area contributed by atoms with Crippen molar-refractivity contribution in [1.29, 1.82) is 0 Å². The lowest BCUT2D eigenvalue weighted by Gasteiger charge is -2.11. The summed E-state index contributed by atoms with van der Waals surface area (Å²) in [6.45, 7) is 6.50. The fraction of sp³-hybridized carbons (Fsp3) is 0.294. The molecular weight excluding hydrogens is 403 g/mol. The van der Waals surface area contributed by atoms with Crippen LogP contribution in [0.2, 0.25) is 0 Å². The number of nitrogens with zero attached hydrogens (tertiary/aromatic N) is 2. The van der Waals surface area contributed by atoms with Gasteiger partial charge in [-0.2, -0.15) is 0 Å². The molecule has 0 saturated heterocycles. The van der Waals surface area contributed by atoms with Gasteiger partial charge in [0.15, 0.2) is 5.96 Å². The van der Waals surface area contributed by atoms with Gasteiger partial charge in [0.1, 0.15) is 5.75 Å². The van der Waals surface area contributed by atoms with Crippen LogP contribution in [0.25, 0.3) is 0 Å². The van der Waals surface area contributed by atoms with E-state index in [4.69, 9.17) is 10.5 Å². The molecule has 1 aromatic carbocycles. The Bertz CT molecular complexity index is 641. The lowest BCUT2D eigenvalue weighted by atomic mass is 10.2. The van der Waals surface area contributed by atoms with E-state index in [0.717, 1.165) is 22.6 Å². The Kier molecular flexibility index (Phi) is 7.80. The summed E-state index contributed by atoms with van der Waals surface area (Å²) in [5.41, 5.74) is 8.92. The van der Waals surface area contributed by atoms with E-state index in [1.807, 2.05) is 57.3 Å². The zero-order valence-corrected chi connectivity index (χ0v) is 15.9. The topological polar surface area (TPSA) is 72.5 Å². The number of aryl methyl sites for hydroxylation is 1. The minimum atomic E-state index is 0. The number of halogens is 1. The molecule has 1 heterocycles. The predicted molar refractivity (Wildman–Crippen MR) is 106 cm³/mol. The number of nitrogens with two attached hydrogens (primary N) is 1. The SMILES string of the molecule is Cc1cncc(CN=C(N)Nc2ccc(OC(C)C)cc2)c1.I. The van der Waals surface area contributed by atoms with E-state index >= 15 is 0 Å².